The van der Waals surface area contributed by atoms with Gasteiger partial charge in [0.05, 0.1) is 0 Å². The molecule has 19 heavy (non-hydrogen) atoms. The van der Waals surface area contributed by atoms with Crippen LogP contribution in [0.4, 0.5) is 18.0 Å². The van der Waals surface area contributed by atoms with Gasteiger partial charge in [-0.2, -0.15) is 0 Å². The van der Waals surface area contributed by atoms with Gasteiger partial charge in [-0.05, 0) is 20.8 Å². The molecule has 1 rings (SSSR count). The second-order valence-corrected chi connectivity index (χ2v) is 5.86. The van der Waals surface area contributed by atoms with E-state index >= 15 is 0 Å². The van der Waals surface area contributed by atoms with Crippen LogP contribution in [-0.4, -0.2) is 47.8 Å². The van der Waals surface area contributed by atoms with Crippen molar-refractivity contribution < 1.29 is 22.7 Å². The van der Waals surface area contributed by atoms with Crippen LogP contribution in [0.5, 0.6) is 0 Å². The second kappa shape index (κ2) is 5.56. The average Bonchev–Trinajstić information content (AvgIpc) is 2.26. The Morgan fingerprint density at radius 3 is 2.16 bits per heavy atom. The number of rotatable bonds is 2. The molecule has 0 aromatic rings. The molecule has 0 bridgehead atoms. The number of ether oxygens (including phenoxy) is 1. The van der Waals surface area contributed by atoms with Crippen LogP contribution >= 0.6 is 0 Å². The van der Waals surface area contributed by atoms with E-state index in [1.807, 2.05) is 0 Å². The minimum absolute atomic E-state index is 0.0336. The molecule has 0 aromatic heterocycles. The fraction of sp³-hybridized carbons (Fsp3) is 0.917. The smallest absolute Gasteiger partial charge is 0.410 e. The zero-order chi connectivity index (χ0) is 14.8. The predicted octanol–water partition coefficient (Wildman–Crippen LogP) is 2.32. The molecule has 4 nitrogen and oxygen atoms in total. The number of carbonyl (C=O) groups is 1. The normalized spacial score (nSPS) is 21.4. The fourth-order valence-electron chi connectivity index (χ4n) is 1.95. The van der Waals surface area contributed by atoms with Crippen molar-refractivity contribution in [1.82, 2.24) is 4.90 Å². The Labute approximate surface area is 111 Å². The van der Waals surface area contributed by atoms with E-state index in [4.69, 9.17) is 10.5 Å². The highest BCUT2D eigenvalue weighted by Crippen LogP contribution is 2.32. The number of likely N-dealkylation sites (tertiary alicyclic amines) is 1. The number of hydrogen-bond donors (Lipinski definition) is 1. The lowest BCUT2D eigenvalue weighted by Gasteiger charge is -2.39. The lowest BCUT2D eigenvalue weighted by atomic mass is 9.87. The molecule has 0 unspecified atom stereocenters. The number of halogens is 3. The number of piperidine rings is 1. The van der Waals surface area contributed by atoms with Crippen LogP contribution < -0.4 is 5.73 Å². The molecule has 1 atom stereocenters. The molecule has 0 aromatic carbocycles. The van der Waals surface area contributed by atoms with Gasteiger partial charge in [-0.15, -0.1) is 0 Å². The SMILES string of the molecule is CC(C)(C)OC(=O)N1CCC(F)([C@@H](N)C(F)F)CC1. The molecule has 1 saturated heterocycles. The molecular formula is C12H21F3N2O2. The number of amides is 1. The quantitative estimate of drug-likeness (QED) is 0.845. The number of carbonyl (C=O) groups excluding carboxylic acids is 1. The first-order valence-corrected chi connectivity index (χ1v) is 6.26. The van der Waals surface area contributed by atoms with E-state index in [0.717, 1.165) is 0 Å². The maximum absolute atomic E-state index is 14.2. The zero-order valence-corrected chi connectivity index (χ0v) is 11.5. The van der Waals surface area contributed by atoms with Gasteiger partial charge in [-0.1, -0.05) is 0 Å². The maximum Gasteiger partial charge on any atom is 0.410 e. The van der Waals surface area contributed by atoms with Crippen molar-refractivity contribution in [3.8, 4) is 0 Å². The van der Waals surface area contributed by atoms with E-state index in [1.54, 1.807) is 20.8 Å². The molecule has 1 amide bonds. The minimum atomic E-state index is -2.90. The molecule has 0 saturated carbocycles. The van der Waals surface area contributed by atoms with Crippen LogP contribution in [0.2, 0.25) is 0 Å². The summed E-state index contributed by atoms with van der Waals surface area (Å²) in [7, 11) is 0. The molecule has 7 heteroatoms. The van der Waals surface area contributed by atoms with E-state index in [1.165, 1.54) is 4.90 Å². The summed E-state index contributed by atoms with van der Waals surface area (Å²) < 4.78 is 44.3. The molecule has 1 aliphatic heterocycles. The van der Waals surface area contributed by atoms with Gasteiger partial charge in [-0.25, -0.2) is 18.0 Å². The van der Waals surface area contributed by atoms with E-state index < -0.39 is 29.8 Å². The Bertz CT molecular complexity index is 323. The largest absolute Gasteiger partial charge is 0.444 e. The van der Waals surface area contributed by atoms with Crippen molar-refractivity contribution in [2.75, 3.05) is 13.1 Å². The topological polar surface area (TPSA) is 55.6 Å². The summed E-state index contributed by atoms with van der Waals surface area (Å²) >= 11 is 0. The van der Waals surface area contributed by atoms with Crippen LogP contribution in [0.3, 0.4) is 0 Å². The van der Waals surface area contributed by atoms with Gasteiger partial charge in [0.2, 0.25) is 0 Å². The Morgan fingerprint density at radius 2 is 1.79 bits per heavy atom. The summed E-state index contributed by atoms with van der Waals surface area (Å²) in [5, 5.41) is 0. The third-order valence-corrected chi connectivity index (χ3v) is 3.12. The predicted molar refractivity (Wildman–Crippen MR) is 64.9 cm³/mol. The van der Waals surface area contributed by atoms with Gasteiger partial charge in [-0.3, -0.25) is 0 Å². The van der Waals surface area contributed by atoms with Gasteiger partial charge >= 0.3 is 6.09 Å². The van der Waals surface area contributed by atoms with Crippen LogP contribution in [0.15, 0.2) is 0 Å². The lowest BCUT2D eigenvalue weighted by Crippen LogP contribution is -2.56. The summed E-state index contributed by atoms with van der Waals surface area (Å²) in [5.41, 5.74) is 2.43. The summed E-state index contributed by atoms with van der Waals surface area (Å²) in [6, 6.07) is -1.81. The van der Waals surface area contributed by atoms with Crippen LogP contribution in [0, 0.1) is 0 Å². The molecule has 1 heterocycles. The van der Waals surface area contributed by atoms with Crippen LogP contribution in [0.25, 0.3) is 0 Å². The molecule has 0 spiro atoms. The van der Waals surface area contributed by atoms with Crippen molar-refractivity contribution in [1.29, 1.82) is 0 Å². The summed E-state index contributed by atoms with van der Waals surface area (Å²) in [6.45, 7) is 5.24. The highest BCUT2D eigenvalue weighted by molar-refractivity contribution is 5.68. The Morgan fingerprint density at radius 1 is 1.32 bits per heavy atom. The third kappa shape index (κ3) is 4.26. The number of alkyl halides is 3. The maximum atomic E-state index is 14.2. The Kier molecular flexibility index (Phi) is 4.71. The summed E-state index contributed by atoms with van der Waals surface area (Å²) in [5.74, 6) is 0. The van der Waals surface area contributed by atoms with Crippen molar-refractivity contribution in [3.05, 3.63) is 0 Å². The first kappa shape index (κ1) is 16.1. The van der Waals surface area contributed by atoms with E-state index in [2.05, 4.69) is 0 Å². The summed E-state index contributed by atoms with van der Waals surface area (Å²) in [6.07, 6.45) is -3.85. The lowest BCUT2D eigenvalue weighted by molar-refractivity contribution is -0.0314. The van der Waals surface area contributed by atoms with Crippen molar-refractivity contribution in [3.63, 3.8) is 0 Å². The average molecular weight is 282 g/mol. The van der Waals surface area contributed by atoms with Crippen molar-refractivity contribution >= 4 is 6.09 Å². The molecule has 1 fully saturated rings. The van der Waals surface area contributed by atoms with Gasteiger partial charge in [0, 0.05) is 25.9 Å². The first-order valence-electron chi connectivity index (χ1n) is 6.26. The first-order chi connectivity index (χ1) is 8.55. The standard InChI is InChI=1S/C12H21F3N2O2/c1-11(2,3)19-10(18)17-6-4-12(15,5-7-17)8(16)9(13)14/h8-9H,4-7,16H2,1-3H3/t8-/m0/s1. The highest BCUT2D eigenvalue weighted by atomic mass is 19.3. The van der Waals surface area contributed by atoms with Gasteiger partial charge in [0.15, 0.2) is 0 Å². The van der Waals surface area contributed by atoms with Crippen molar-refractivity contribution in [2.45, 2.75) is 57.3 Å². The van der Waals surface area contributed by atoms with Crippen LogP contribution in [-0.2, 0) is 4.74 Å². The van der Waals surface area contributed by atoms with E-state index in [-0.39, 0.29) is 25.9 Å². The van der Waals surface area contributed by atoms with Gasteiger partial charge in [0.25, 0.3) is 6.43 Å². The molecule has 1 aliphatic rings. The van der Waals surface area contributed by atoms with E-state index in [9.17, 15) is 18.0 Å². The molecular weight excluding hydrogens is 261 g/mol. The molecule has 0 radical (unpaired) electrons. The van der Waals surface area contributed by atoms with Crippen LogP contribution in [0.1, 0.15) is 33.6 Å². The van der Waals surface area contributed by atoms with Gasteiger partial charge < -0.3 is 15.4 Å². The monoisotopic (exact) mass is 282 g/mol. The van der Waals surface area contributed by atoms with Gasteiger partial charge in [0.1, 0.15) is 17.3 Å². The van der Waals surface area contributed by atoms with Crippen molar-refractivity contribution in [2.24, 2.45) is 5.73 Å². The Hall–Kier alpha value is -0.980. The second-order valence-electron chi connectivity index (χ2n) is 5.86. The number of hydrogen-bond acceptors (Lipinski definition) is 3. The van der Waals surface area contributed by atoms with E-state index in [0.29, 0.717) is 0 Å². The number of nitrogens with zero attached hydrogens (tertiary/aromatic N) is 1. The molecule has 0 aliphatic carbocycles. The Balaban J connectivity index is 2.55. The number of nitrogens with two attached hydrogens (primary N) is 1. The fourth-order valence-corrected chi connectivity index (χ4v) is 1.95. The summed E-state index contributed by atoms with van der Waals surface area (Å²) in [4.78, 5) is 13.1. The molecule has 2 N–H and O–H groups in total. The zero-order valence-electron chi connectivity index (χ0n) is 11.5. The molecule has 112 valence electrons. The third-order valence-electron chi connectivity index (χ3n) is 3.12. The highest BCUT2D eigenvalue weighted by Gasteiger charge is 2.45. The minimum Gasteiger partial charge on any atom is -0.444 e.